The molecule has 0 saturated carbocycles. The second-order valence-electron chi connectivity index (χ2n) is 8.97. The molecule has 2 aromatic heterocycles. The lowest BCUT2D eigenvalue weighted by atomic mass is 9.88. The summed E-state index contributed by atoms with van der Waals surface area (Å²) in [6.07, 6.45) is 7.89. The molecule has 0 unspecified atom stereocenters. The van der Waals surface area contributed by atoms with E-state index in [1.165, 1.54) is 16.7 Å². The van der Waals surface area contributed by atoms with Gasteiger partial charge in [-0.1, -0.05) is 36.4 Å². The van der Waals surface area contributed by atoms with Gasteiger partial charge in [-0.25, -0.2) is 9.97 Å². The number of hydrogen-bond acceptors (Lipinski definition) is 5. The average Bonchev–Trinajstić information content (AvgIpc) is 2.90. The summed E-state index contributed by atoms with van der Waals surface area (Å²) in [5.74, 6) is 2.01. The van der Waals surface area contributed by atoms with Crippen molar-refractivity contribution in [1.29, 1.82) is 0 Å². The molecule has 1 aliphatic rings. The van der Waals surface area contributed by atoms with E-state index in [1.807, 2.05) is 30.5 Å². The van der Waals surface area contributed by atoms with Gasteiger partial charge in [0.1, 0.15) is 5.75 Å². The molecule has 0 N–H and O–H groups in total. The van der Waals surface area contributed by atoms with Crippen LogP contribution in [0.4, 0.5) is 0 Å². The summed E-state index contributed by atoms with van der Waals surface area (Å²) in [4.78, 5) is 16.6. The predicted octanol–water partition coefficient (Wildman–Crippen LogP) is 5.90. The van der Waals surface area contributed by atoms with Crippen molar-refractivity contribution in [3.8, 4) is 28.3 Å². The summed E-state index contributed by atoms with van der Waals surface area (Å²) in [5.41, 5.74) is 7.06. The fourth-order valence-corrected chi connectivity index (χ4v) is 4.84. The molecule has 1 atom stereocenters. The minimum absolute atomic E-state index is 0.352. The molecule has 34 heavy (non-hydrogen) atoms. The molecule has 1 aliphatic heterocycles. The zero-order valence-electron chi connectivity index (χ0n) is 19.8. The quantitative estimate of drug-likeness (QED) is 0.366. The zero-order valence-corrected chi connectivity index (χ0v) is 19.8. The van der Waals surface area contributed by atoms with Crippen LogP contribution in [0.15, 0.2) is 79.3 Å². The van der Waals surface area contributed by atoms with Crippen molar-refractivity contribution in [3.05, 3.63) is 96.1 Å². The van der Waals surface area contributed by atoms with Crippen LogP contribution in [0, 0.1) is 6.92 Å². The summed E-state index contributed by atoms with van der Waals surface area (Å²) in [6, 6.07) is 20.9. The number of hydrogen-bond donors (Lipinski definition) is 0. The molecule has 4 aromatic rings. The van der Waals surface area contributed by atoms with Gasteiger partial charge in [-0.15, -0.1) is 0 Å². The highest BCUT2D eigenvalue weighted by molar-refractivity contribution is 5.70. The molecule has 2 aromatic carbocycles. The Morgan fingerprint density at radius 1 is 0.971 bits per heavy atom. The number of aromatic nitrogens is 3. The van der Waals surface area contributed by atoms with Crippen LogP contribution in [0.1, 0.15) is 35.6 Å². The lowest BCUT2D eigenvalue weighted by Gasteiger charge is -2.33. The minimum atomic E-state index is 0.352. The minimum Gasteiger partial charge on any atom is -0.497 e. The van der Waals surface area contributed by atoms with Crippen LogP contribution in [0.3, 0.4) is 0 Å². The second-order valence-corrected chi connectivity index (χ2v) is 8.97. The first-order valence-electron chi connectivity index (χ1n) is 11.9. The molecule has 5 rings (SSSR count). The first-order chi connectivity index (χ1) is 16.7. The Balaban J connectivity index is 1.48. The Kier molecular flexibility index (Phi) is 6.63. The summed E-state index contributed by atoms with van der Waals surface area (Å²) in [6.45, 7) is 5.18. The van der Waals surface area contributed by atoms with Gasteiger partial charge in [0.15, 0.2) is 5.82 Å². The first kappa shape index (κ1) is 22.2. The number of ether oxygens (including phenoxy) is 1. The molecule has 0 radical (unpaired) electrons. The molecule has 5 nitrogen and oxygen atoms in total. The summed E-state index contributed by atoms with van der Waals surface area (Å²) in [7, 11) is 1.71. The van der Waals surface area contributed by atoms with E-state index in [4.69, 9.17) is 14.7 Å². The lowest BCUT2D eigenvalue weighted by Crippen LogP contribution is -2.34. The fraction of sp³-hybridized carbons (Fsp3) is 0.276. The van der Waals surface area contributed by atoms with Crippen molar-refractivity contribution >= 4 is 0 Å². The lowest BCUT2D eigenvalue weighted by molar-refractivity contribution is 0.198. The molecule has 3 heterocycles. The number of pyridine rings is 1. The standard InChI is InChI=1S/C29H30N4O/c1-21-6-3-4-8-26(21)27-18-31-29(23-13-15-30-16-14-23)32-28(27)24-7-5-17-33(20-24)19-22-9-11-25(34-2)12-10-22/h3-4,6,8-16,18,24H,5,7,17,19-20H2,1-2H3/t24-/m1/s1. The smallest absolute Gasteiger partial charge is 0.159 e. The Labute approximate surface area is 201 Å². The van der Waals surface area contributed by atoms with Crippen LogP contribution in [-0.2, 0) is 6.54 Å². The highest BCUT2D eigenvalue weighted by Gasteiger charge is 2.26. The molecule has 0 bridgehead atoms. The maximum atomic E-state index is 5.31. The SMILES string of the molecule is COc1ccc(CN2CCC[C@@H](c3nc(-c4ccncc4)ncc3-c3ccccc3C)C2)cc1. The summed E-state index contributed by atoms with van der Waals surface area (Å²) < 4.78 is 5.31. The van der Waals surface area contributed by atoms with Crippen LogP contribution in [-0.4, -0.2) is 40.1 Å². The molecular formula is C29H30N4O. The Hall–Kier alpha value is -3.57. The Morgan fingerprint density at radius 3 is 2.53 bits per heavy atom. The van der Waals surface area contributed by atoms with E-state index in [2.05, 4.69) is 53.2 Å². The maximum absolute atomic E-state index is 5.31. The highest BCUT2D eigenvalue weighted by Crippen LogP contribution is 2.35. The molecule has 1 fully saturated rings. The van der Waals surface area contributed by atoms with Crippen molar-refractivity contribution in [1.82, 2.24) is 19.9 Å². The van der Waals surface area contributed by atoms with Gasteiger partial charge in [0.25, 0.3) is 0 Å². The second kappa shape index (κ2) is 10.1. The van der Waals surface area contributed by atoms with Crippen molar-refractivity contribution in [3.63, 3.8) is 0 Å². The average molecular weight is 451 g/mol. The van der Waals surface area contributed by atoms with Crippen LogP contribution >= 0.6 is 0 Å². The largest absolute Gasteiger partial charge is 0.497 e. The molecule has 1 saturated heterocycles. The number of nitrogens with zero attached hydrogens (tertiary/aromatic N) is 4. The Morgan fingerprint density at radius 2 is 1.76 bits per heavy atom. The number of benzene rings is 2. The highest BCUT2D eigenvalue weighted by atomic mass is 16.5. The van der Waals surface area contributed by atoms with Gasteiger partial charge in [-0.05, 0) is 67.3 Å². The van der Waals surface area contributed by atoms with Crippen molar-refractivity contribution in [2.45, 2.75) is 32.2 Å². The van der Waals surface area contributed by atoms with E-state index in [0.29, 0.717) is 5.92 Å². The number of piperidine rings is 1. The van der Waals surface area contributed by atoms with E-state index in [-0.39, 0.29) is 0 Å². The number of likely N-dealkylation sites (tertiary alicyclic amines) is 1. The number of aryl methyl sites for hydroxylation is 1. The number of rotatable bonds is 6. The van der Waals surface area contributed by atoms with E-state index in [0.717, 1.165) is 60.9 Å². The monoisotopic (exact) mass is 450 g/mol. The van der Waals surface area contributed by atoms with Crippen molar-refractivity contribution in [2.75, 3.05) is 20.2 Å². The van der Waals surface area contributed by atoms with Crippen molar-refractivity contribution in [2.24, 2.45) is 0 Å². The number of methoxy groups -OCH3 is 1. The Bertz CT molecular complexity index is 1240. The van der Waals surface area contributed by atoms with E-state index < -0.39 is 0 Å². The molecule has 172 valence electrons. The van der Waals surface area contributed by atoms with E-state index >= 15 is 0 Å². The van der Waals surface area contributed by atoms with Gasteiger partial charge in [-0.3, -0.25) is 9.88 Å². The third-order valence-corrected chi connectivity index (χ3v) is 6.65. The van der Waals surface area contributed by atoms with Crippen LogP contribution in [0.2, 0.25) is 0 Å². The van der Waals surface area contributed by atoms with E-state index in [9.17, 15) is 0 Å². The van der Waals surface area contributed by atoms with Gasteiger partial charge in [0.05, 0.1) is 12.8 Å². The van der Waals surface area contributed by atoms with Crippen LogP contribution in [0.5, 0.6) is 5.75 Å². The molecular weight excluding hydrogens is 420 g/mol. The molecule has 5 heteroatoms. The van der Waals surface area contributed by atoms with Gasteiger partial charge in [-0.2, -0.15) is 0 Å². The maximum Gasteiger partial charge on any atom is 0.159 e. The van der Waals surface area contributed by atoms with Crippen LogP contribution < -0.4 is 4.74 Å². The van der Waals surface area contributed by atoms with E-state index in [1.54, 1.807) is 19.5 Å². The zero-order chi connectivity index (χ0) is 23.3. The first-order valence-corrected chi connectivity index (χ1v) is 11.9. The molecule has 0 spiro atoms. The molecule has 0 aliphatic carbocycles. The van der Waals surface area contributed by atoms with Gasteiger partial charge >= 0.3 is 0 Å². The third-order valence-electron chi connectivity index (χ3n) is 6.65. The van der Waals surface area contributed by atoms with Gasteiger partial charge < -0.3 is 4.74 Å². The summed E-state index contributed by atoms with van der Waals surface area (Å²) >= 11 is 0. The van der Waals surface area contributed by atoms with Crippen LogP contribution in [0.25, 0.3) is 22.5 Å². The third kappa shape index (κ3) is 4.85. The van der Waals surface area contributed by atoms with Crippen molar-refractivity contribution < 1.29 is 4.74 Å². The normalized spacial score (nSPS) is 16.4. The van der Waals surface area contributed by atoms with Gasteiger partial charge in [0, 0.05) is 48.7 Å². The fourth-order valence-electron chi connectivity index (χ4n) is 4.84. The summed E-state index contributed by atoms with van der Waals surface area (Å²) in [5, 5.41) is 0. The molecule has 0 amide bonds. The predicted molar refractivity (Wildman–Crippen MR) is 136 cm³/mol. The topological polar surface area (TPSA) is 51.1 Å². The van der Waals surface area contributed by atoms with Gasteiger partial charge in [0.2, 0.25) is 0 Å².